The summed E-state index contributed by atoms with van der Waals surface area (Å²) in [6.45, 7) is 5.98. The summed E-state index contributed by atoms with van der Waals surface area (Å²) in [4.78, 5) is 11.6. The van der Waals surface area contributed by atoms with Gasteiger partial charge in [-0.15, -0.1) is 0 Å². The Balaban J connectivity index is 2.44. The average Bonchev–Trinajstić information content (AvgIpc) is 2.26. The van der Waals surface area contributed by atoms with Gasteiger partial charge in [0.05, 0.1) is 0 Å². The van der Waals surface area contributed by atoms with Crippen LogP contribution in [-0.4, -0.2) is 18.1 Å². The number of carbonyl (C=O) groups is 1. The van der Waals surface area contributed by atoms with Crippen molar-refractivity contribution in [2.75, 3.05) is 6.61 Å². The molecule has 0 radical (unpaired) electrons. The van der Waals surface area contributed by atoms with Crippen molar-refractivity contribution in [1.82, 2.24) is 5.32 Å². The second kappa shape index (κ2) is 5.92. The van der Waals surface area contributed by atoms with Gasteiger partial charge in [0, 0.05) is 10.6 Å². The lowest BCUT2D eigenvalue weighted by atomic mass is 10.0. The Hall–Kier alpha value is -1.22. The zero-order valence-corrected chi connectivity index (χ0v) is 11.2. The van der Waals surface area contributed by atoms with E-state index in [0.29, 0.717) is 10.8 Å². The molecule has 94 valence electrons. The largest absolute Gasteiger partial charge is 0.484 e. The van der Waals surface area contributed by atoms with E-state index in [1.165, 1.54) is 0 Å². The van der Waals surface area contributed by atoms with Gasteiger partial charge >= 0.3 is 0 Å². The van der Waals surface area contributed by atoms with E-state index < -0.39 is 0 Å². The molecule has 0 heterocycles. The predicted molar refractivity (Wildman–Crippen MR) is 69.5 cm³/mol. The van der Waals surface area contributed by atoms with Crippen LogP contribution >= 0.6 is 11.6 Å². The summed E-state index contributed by atoms with van der Waals surface area (Å²) in [7, 11) is 0. The van der Waals surface area contributed by atoms with Crippen LogP contribution in [0.4, 0.5) is 0 Å². The molecule has 1 aromatic carbocycles. The van der Waals surface area contributed by atoms with Crippen molar-refractivity contribution in [3.05, 3.63) is 29.3 Å². The Labute approximate surface area is 107 Å². The van der Waals surface area contributed by atoms with E-state index in [9.17, 15) is 4.79 Å². The highest BCUT2D eigenvalue weighted by atomic mass is 35.5. The summed E-state index contributed by atoms with van der Waals surface area (Å²) >= 11 is 5.81. The maximum absolute atomic E-state index is 11.6. The van der Waals surface area contributed by atoms with Crippen molar-refractivity contribution >= 4 is 17.5 Å². The molecule has 1 amide bonds. The van der Waals surface area contributed by atoms with Crippen LogP contribution in [-0.2, 0) is 4.79 Å². The third kappa shape index (κ3) is 5.09. The van der Waals surface area contributed by atoms with E-state index in [1.807, 2.05) is 20.8 Å². The zero-order chi connectivity index (χ0) is 12.9. The minimum absolute atomic E-state index is 0.00374. The van der Waals surface area contributed by atoms with E-state index in [-0.39, 0.29) is 18.1 Å². The first-order chi connectivity index (χ1) is 7.93. The molecule has 0 aliphatic heterocycles. The van der Waals surface area contributed by atoms with Gasteiger partial charge in [-0.3, -0.25) is 4.79 Å². The highest BCUT2D eigenvalue weighted by Gasteiger charge is 2.17. The van der Waals surface area contributed by atoms with E-state index in [4.69, 9.17) is 16.3 Å². The molecular weight excluding hydrogens is 238 g/mol. The Morgan fingerprint density at radius 3 is 2.76 bits per heavy atom. The van der Waals surface area contributed by atoms with Crippen LogP contribution in [0.25, 0.3) is 0 Å². The first kappa shape index (κ1) is 13.8. The molecule has 0 atom stereocenters. The number of benzene rings is 1. The van der Waals surface area contributed by atoms with Crippen LogP contribution in [0.3, 0.4) is 0 Å². The van der Waals surface area contributed by atoms with Crippen LogP contribution in [0, 0.1) is 0 Å². The zero-order valence-electron chi connectivity index (χ0n) is 10.4. The van der Waals surface area contributed by atoms with Crippen molar-refractivity contribution < 1.29 is 9.53 Å². The van der Waals surface area contributed by atoms with Crippen LogP contribution in [0.5, 0.6) is 5.75 Å². The van der Waals surface area contributed by atoms with Crippen LogP contribution < -0.4 is 10.1 Å². The fraction of sp³-hybridized carbons (Fsp3) is 0.462. The topological polar surface area (TPSA) is 38.3 Å². The van der Waals surface area contributed by atoms with Crippen molar-refractivity contribution in [1.29, 1.82) is 0 Å². The maximum Gasteiger partial charge on any atom is 0.258 e. The molecule has 1 rings (SSSR count). The van der Waals surface area contributed by atoms with Gasteiger partial charge in [-0.25, -0.2) is 0 Å². The van der Waals surface area contributed by atoms with Crippen LogP contribution in [0.2, 0.25) is 5.02 Å². The van der Waals surface area contributed by atoms with E-state index in [0.717, 1.165) is 6.42 Å². The smallest absolute Gasteiger partial charge is 0.258 e. The monoisotopic (exact) mass is 255 g/mol. The minimum Gasteiger partial charge on any atom is -0.484 e. The normalized spacial score (nSPS) is 11.1. The molecule has 1 aromatic rings. The molecule has 17 heavy (non-hydrogen) atoms. The molecule has 0 spiro atoms. The fourth-order valence-corrected chi connectivity index (χ4v) is 1.39. The second-order valence-electron chi connectivity index (χ2n) is 4.53. The number of carbonyl (C=O) groups excluding carboxylic acids is 1. The van der Waals surface area contributed by atoms with Gasteiger partial charge in [0.1, 0.15) is 5.75 Å². The number of nitrogens with one attached hydrogen (secondary N) is 1. The van der Waals surface area contributed by atoms with E-state index >= 15 is 0 Å². The number of hydrogen-bond donors (Lipinski definition) is 1. The summed E-state index contributed by atoms with van der Waals surface area (Å²) in [6, 6.07) is 6.99. The van der Waals surface area contributed by atoms with Gasteiger partial charge in [0.15, 0.2) is 6.61 Å². The third-order valence-corrected chi connectivity index (χ3v) is 2.76. The minimum atomic E-state index is -0.200. The number of rotatable bonds is 5. The summed E-state index contributed by atoms with van der Waals surface area (Å²) in [5.74, 6) is 0.471. The fourth-order valence-electron chi connectivity index (χ4n) is 1.21. The van der Waals surface area contributed by atoms with E-state index in [1.54, 1.807) is 24.3 Å². The lowest BCUT2D eigenvalue weighted by molar-refractivity contribution is -0.124. The Morgan fingerprint density at radius 2 is 2.18 bits per heavy atom. The third-order valence-electron chi connectivity index (χ3n) is 2.53. The molecular formula is C13H18ClNO2. The summed E-state index contributed by atoms with van der Waals surface area (Å²) in [6.07, 6.45) is 0.871. The number of amides is 1. The van der Waals surface area contributed by atoms with Gasteiger partial charge in [-0.1, -0.05) is 24.6 Å². The standard InChI is InChI=1S/C13H18ClNO2/c1-4-13(2,3)15-12(16)9-17-11-7-5-6-10(14)8-11/h5-8H,4,9H2,1-3H3,(H,15,16). The van der Waals surface area contributed by atoms with Crippen LogP contribution in [0.15, 0.2) is 24.3 Å². The van der Waals surface area contributed by atoms with Crippen molar-refractivity contribution in [3.63, 3.8) is 0 Å². The lowest BCUT2D eigenvalue weighted by Gasteiger charge is -2.24. The van der Waals surface area contributed by atoms with Gasteiger partial charge in [-0.2, -0.15) is 0 Å². The first-order valence-electron chi connectivity index (χ1n) is 5.62. The van der Waals surface area contributed by atoms with Gasteiger partial charge in [-0.05, 0) is 38.5 Å². The Morgan fingerprint density at radius 1 is 1.47 bits per heavy atom. The number of halogens is 1. The SMILES string of the molecule is CCC(C)(C)NC(=O)COc1cccc(Cl)c1. The summed E-state index contributed by atoms with van der Waals surface area (Å²) < 4.78 is 5.34. The van der Waals surface area contributed by atoms with E-state index in [2.05, 4.69) is 5.32 Å². The highest BCUT2D eigenvalue weighted by molar-refractivity contribution is 6.30. The molecule has 0 aliphatic carbocycles. The Bertz CT molecular complexity index is 391. The van der Waals surface area contributed by atoms with Crippen molar-refractivity contribution in [2.45, 2.75) is 32.7 Å². The molecule has 0 unspecified atom stereocenters. The van der Waals surface area contributed by atoms with Gasteiger partial charge in [0.2, 0.25) is 0 Å². The highest BCUT2D eigenvalue weighted by Crippen LogP contribution is 2.17. The second-order valence-corrected chi connectivity index (χ2v) is 4.97. The van der Waals surface area contributed by atoms with Gasteiger partial charge < -0.3 is 10.1 Å². The molecule has 3 nitrogen and oxygen atoms in total. The molecule has 0 bridgehead atoms. The number of hydrogen-bond acceptors (Lipinski definition) is 2. The maximum atomic E-state index is 11.6. The van der Waals surface area contributed by atoms with Crippen molar-refractivity contribution in [3.8, 4) is 5.75 Å². The van der Waals surface area contributed by atoms with Crippen LogP contribution in [0.1, 0.15) is 27.2 Å². The molecule has 4 heteroatoms. The molecule has 0 saturated carbocycles. The molecule has 0 saturated heterocycles. The predicted octanol–water partition coefficient (Wildman–Crippen LogP) is 3.02. The van der Waals surface area contributed by atoms with Crippen molar-refractivity contribution in [2.24, 2.45) is 0 Å². The molecule has 0 aromatic heterocycles. The van der Waals surface area contributed by atoms with Gasteiger partial charge in [0.25, 0.3) is 5.91 Å². The summed E-state index contributed by atoms with van der Waals surface area (Å²) in [5, 5.41) is 3.49. The Kier molecular flexibility index (Phi) is 4.82. The lowest BCUT2D eigenvalue weighted by Crippen LogP contribution is -2.44. The molecule has 0 fully saturated rings. The molecule has 1 N–H and O–H groups in total. The first-order valence-corrected chi connectivity index (χ1v) is 6.00. The number of ether oxygens (including phenoxy) is 1. The average molecular weight is 256 g/mol. The molecule has 0 aliphatic rings. The summed E-state index contributed by atoms with van der Waals surface area (Å²) in [5.41, 5.74) is -0.200. The quantitative estimate of drug-likeness (QED) is 0.878.